The number of pyridine rings is 1. The molecule has 1 aliphatic rings. The van der Waals surface area contributed by atoms with Crippen LogP contribution in [0.2, 0.25) is 0 Å². The summed E-state index contributed by atoms with van der Waals surface area (Å²) in [5.74, 6) is 1.15. The number of aromatic nitrogens is 3. The monoisotopic (exact) mass is 351 g/mol. The Hall–Kier alpha value is -2.96. The number of aromatic amines is 1. The number of carbonyl (C=O) groups is 2. The van der Waals surface area contributed by atoms with Crippen molar-refractivity contribution in [1.29, 1.82) is 0 Å². The Morgan fingerprint density at radius 2 is 2.12 bits per heavy atom. The summed E-state index contributed by atoms with van der Waals surface area (Å²) in [7, 11) is 3.44. The minimum absolute atomic E-state index is 0.0308. The number of benzene rings is 1. The van der Waals surface area contributed by atoms with Crippen molar-refractivity contribution in [3.63, 3.8) is 0 Å². The Morgan fingerprint density at radius 3 is 2.85 bits per heavy atom. The number of fused-ring (bicyclic) bond motifs is 3. The van der Waals surface area contributed by atoms with E-state index in [0.717, 1.165) is 28.5 Å². The van der Waals surface area contributed by atoms with Crippen LogP contribution in [0.5, 0.6) is 0 Å². The average molecular weight is 351 g/mol. The van der Waals surface area contributed by atoms with Gasteiger partial charge in [0.25, 0.3) is 5.91 Å². The summed E-state index contributed by atoms with van der Waals surface area (Å²) in [6.45, 7) is 0.750. The number of imidazole rings is 1. The molecule has 134 valence electrons. The smallest absolute Gasteiger partial charge is 0.253 e. The summed E-state index contributed by atoms with van der Waals surface area (Å²) < 4.78 is 0. The average Bonchev–Trinajstić information content (AvgIpc) is 3.37. The van der Waals surface area contributed by atoms with Gasteiger partial charge in [-0.25, -0.2) is 4.98 Å². The Morgan fingerprint density at radius 1 is 1.31 bits per heavy atom. The van der Waals surface area contributed by atoms with Crippen LogP contribution in [0, 0.1) is 5.92 Å². The van der Waals surface area contributed by atoms with Crippen LogP contribution in [0.3, 0.4) is 0 Å². The maximum atomic E-state index is 12.2. The van der Waals surface area contributed by atoms with E-state index in [-0.39, 0.29) is 18.2 Å². The largest absolute Gasteiger partial charge is 0.355 e. The number of rotatable bonds is 5. The van der Waals surface area contributed by atoms with Crippen LogP contribution in [-0.4, -0.2) is 52.3 Å². The van der Waals surface area contributed by atoms with Gasteiger partial charge in [-0.15, -0.1) is 0 Å². The van der Waals surface area contributed by atoms with Gasteiger partial charge in [0.05, 0.1) is 29.2 Å². The molecule has 0 unspecified atom stereocenters. The molecule has 0 spiro atoms. The highest BCUT2D eigenvalue weighted by Crippen LogP contribution is 2.27. The zero-order valence-electron chi connectivity index (χ0n) is 14.9. The van der Waals surface area contributed by atoms with E-state index >= 15 is 0 Å². The third-order valence-corrected chi connectivity index (χ3v) is 4.63. The predicted molar refractivity (Wildman–Crippen MR) is 98.8 cm³/mol. The number of carbonyl (C=O) groups excluding carboxylic acids is 2. The first-order valence-corrected chi connectivity index (χ1v) is 8.77. The predicted octanol–water partition coefficient (Wildman–Crippen LogP) is 1.88. The van der Waals surface area contributed by atoms with Crippen LogP contribution in [-0.2, 0) is 11.2 Å². The maximum absolute atomic E-state index is 12.2. The van der Waals surface area contributed by atoms with E-state index in [1.165, 1.54) is 17.7 Å². The van der Waals surface area contributed by atoms with E-state index in [1.54, 1.807) is 26.4 Å². The normalized spacial score (nSPS) is 13.9. The molecule has 3 aromatic rings. The molecule has 0 bridgehead atoms. The van der Waals surface area contributed by atoms with E-state index < -0.39 is 0 Å². The molecule has 2 amide bonds. The molecular weight excluding hydrogens is 330 g/mol. The molecule has 7 heteroatoms. The summed E-state index contributed by atoms with van der Waals surface area (Å²) in [5.41, 5.74) is 2.85. The number of nitrogens with one attached hydrogen (secondary N) is 2. The molecule has 1 aromatic carbocycles. The fourth-order valence-corrected chi connectivity index (χ4v) is 2.98. The topological polar surface area (TPSA) is 91.0 Å². The first-order chi connectivity index (χ1) is 12.5. The second kappa shape index (κ2) is 6.40. The fraction of sp³-hybridized carbons (Fsp3) is 0.368. The standard InChI is InChI=1S/C19H21N5O2/c1-24(2)19(26)12-5-6-14-13(7-12)18-15(10-20-14)22-16(23-18)8-17(25)21-9-11-3-4-11/h5-7,10-11H,3-4,8-9H2,1-2H3,(H,21,25)(H,22,23). The molecule has 4 rings (SSSR count). The highest BCUT2D eigenvalue weighted by Gasteiger charge is 2.22. The molecule has 0 atom stereocenters. The summed E-state index contributed by atoms with van der Waals surface area (Å²) in [6.07, 6.45) is 4.33. The zero-order valence-corrected chi connectivity index (χ0v) is 14.9. The van der Waals surface area contributed by atoms with E-state index in [0.29, 0.717) is 17.3 Å². The fourth-order valence-electron chi connectivity index (χ4n) is 2.98. The molecule has 1 aliphatic carbocycles. The lowest BCUT2D eigenvalue weighted by molar-refractivity contribution is -0.120. The number of amides is 2. The van der Waals surface area contributed by atoms with E-state index in [4.69, 9.17) is 0 Å². The molecule has 0 radical (unpaired) electrons. The van der Waals surface area contributed by atoms with Crippen molar-refractivity contribution in [3.8, 4) is 0 Å². The third kappa shape index (κ3) is 3.24. The van der Waals surface area contributed by atoms with Crippen LogP contribution < -0.4 is 5.32 Å². The molecule has 7 nitrogen and oxygen atoms in total. The third-order valence-electron chi connectivity index (χ3n) is 4.63. The van der Waals surface area contributed by atoms with Gasteiger partial charge in [0, 0.05) is 31.6 Å². The Balaban J connectivity index is 1.65. The Labute approximate surface area is 150 Å². The van der Waals surface area contributed by atoms with Gasteiger partial charge in [-0.3, -0.25) is 14.6 Å². The second-order valence-corrected chi connectivity index (χ2v) is 7.06. The summed E-state index contributed by atoms with van der Waals surface area (Å²) in [5, 5.41) is 3.75. The molecule has 1 saturated carbocycles. The first kappa shape index (κ1) is 16.5. The molecule has 2 N–H and O–H groups in total. The van der Waals surface area contributed by atoms with Crippen molar-refractivity contribution in [1.82, 2.24) is 25.2 Å². The van der Waals surface area contributed by atoms with Crippen molar-refractivity contribution in [2.24, 2.45) is 5.92 Å². The number of hydrogen-bond donors (Lipinski definition) is 2. The van der Waals surface area contributed by atoms with Crippen molar-refractivity contribution in [2.75, 3.05) is 20.6 Å². The van der Waals surface area contributed by atoms with Gasteiger partial charge in [-0.2, -0.15) is 0 Å². The quantitative estimate of drug-likeness (QED) is 0.734. The highest BCUT2D eigenvalue weighted by atomic mass is 16.2. The van der Waals surface area contributed by atoms with Crippen molar-refractivity contribution < 1.29 is 9.59 Å². The molecule has 2 heterocycles. The molecule has 1 fully saturated rings. The minimum Gasteiger partial charge on any atom is -0.355 e. The molecule has 0 aliphatic heterocycles. The van der Waals surface area contributed by atoms with Crippen LogP contribution in [0.1, 0.15) is 29.0 Å². The van der Waals surface area contributed by atoms with Gasteiger partial charge < -0.3 is 15.2 Å². The number of H-pyrrole nitrogens is 1. The van der Waals surface area contributed by atoms with Gasteiger partial charge in [0.1, 0.15) is 5.82 Å². The van der Waals surface area contributed by atoms with Crippen molar-refractivity contribution >= 4 is 33.8 Å². The van der Waals surface area contributed by atoms with Crippen molar-refractivity contribution in [2.45, 2.75) is 19.3 Å². The summed E-state index contributed by atoms with van der Waals surface area (Å²) >= 11 is 0. The van der Waals surface area contributed by atoms with Gasteiger partial charge in [-0.1, -0.05) is 0 Å². The lowest BCUT2D eigenvalue weighted by atomic mass is 10.1. The van der Waals surface area contributed by atoms with Crippen LogP contribution in [0.25, 0.3) is 21.9 Å². The first-order valence-electron chi connectivity index (χ1n) is 8.77. The van der Waals surface area contributed by atoms with E-state index in [1.807, 2.05) is 12.1 Å². The van der Waals surface area contributed by atoms with Gasteiger partial charge >= 0.3 is 0 Å². The van der Waals surface area contributed by atoms with Crippen LogP contribution in [0.15, 0.2) is 24.4 Å². The van der Waals surface area contributed by atoms with Crippen molar-refractivity contribution in [3.05, 3.63) is 35.8 Å². The number of hydrogen-bond acceptors (Lipinski definition) is 4. The highest BCUT2D eigenvalue weighted by molar-refractivity contribution is 6.06. The van der Waals surface area contributed by atoms with E-state index in [9.17, 15) is 9.59 Å². The Bertz CT molecular complexity index is 1000. The van der Waals surface area contributed by atoms with Crippen LogP contribution >= 0.6 is 0 Å². The van der Waals surface area contributed by atoms with E-state index in [2.05, 4.69) is 20.3 Å². The molecule has 0 saturated heterocycles. The molecule has 26 heavy (non-hydrogen) atoms. The lowest BCUT2D eigenvalue weighted by Crippen LogP contribution is -2.27. The molecular formula is C19H21N5O2. The second-order valence-electron chi connectivity index (χ2n) is 7.06. The minimum atomic E-state index is -0.0703. The maximum Gasteiger partial charge on any atom is 0.253 e. The van der Waals surface area contributed by atoms with Gasteiger partial charge in [0.2, 0.25) is 5.91 Å². The van der Waals surface area contributed by atoms with Gasteiger partial charge in [0.15, 0.2) is 0 Å². The SMILES string of the molecule is CN(C)C(=O)c1ccc2ncc3[nH]c(CC(=O)NCC4CC4)nc3c2c1. The Kier molecular flexibility index (Phi) is 4.06. The van der Waals surface area contributed by atoms with Gasteiger partial charge in [-0.05, 0) is 37.0 Å². The zero-order chi connectivity index (χ0) is 18.3. The summed E-state index contributed by atoms with van der Waals surface area (Å²) in [6, 6.07) is 5.40. The molecule has 2 aromatic heterocycles. The number of nitrogens with zero attached hydrogens (tertiary/aromatic N) is 3. The lowest BCUT2D eigenvalue weighted by Gasteiger charge is -2.10. The van der Waals surface area contributed by atoms with Crippen LogP contribution in [0.4, 0.5) is 0 Å². The summed E-state index contributed by atoms with van der Waals surface area (Å²) in [4.78, 5) is 38.0.